The van der Waals surface area contributed by atoms with Crippen LogP contribution in [0.15, 0.2) is 35.5 Å². The van der Waals surface area contributed by atoms with Crippen LogP contribution in [0.2, 0.25) is 0 Å². The van der Waals surface area contributed by atoms with Crippen LogP contribution in [-0.4, -0.2) is 160 Å². The van der Waals surface area contributed by atoms with Gasteiger partial charge in [0.1, 0.15) is 61.0 Å². The highest BCUT2D eigenvalue weighted by molar-refractivity contribution is 5.64. The smallest absolute Gasteiger partial charge is 0.187 e. The summed E-state index contributed by atoms with van der Waals surface area (Å²) in [5, 5.41) is 68.0. The molecule has 4 fully saturated rings. The van der Waals surface area contributed by atoms with E-state index >= 15 is 0 Å². The molecule has 19 heteroatoms. The van der Waals surface area contributed by atoms with Crippen molar-refractivity contribution in [1.82, 2.24) is 0 Å². The molecule has 272 valence electrons. The normalized spacial score (nSPS) is 48.5. The Morgan fingerprint density at radius 2 is 1.31 bits per heavy atom. The van der Waals surface area contributed by atoms with Crippen LogP contribution in [0.4, 0.5) is 0 Å². The molecule has 0 radical (unpaired) electrons. The van der Waals surface area contributed by atoms with E-state index in [0.717, 1.165) is 0 Å². The molecule has 0 spiro atoms. The molecule has 4 aliphatic rings. The van der Waals surface area contributed by atoms with Crippen molar-refractivity contribution in [3.8, 4) is 5.75 Å². The highest BCUT2D eigenvalue weighted by Crippen LogP contribution is 2.34. The topological polar surface area (TPSA) is 328 Å². The average molecular weight is 689 g/mol. The molecular weight excluding hydrogens is 640 g/mol. The Labute approximate surface area is 276 Å². The van der Waals surface area contributed by atoms with Crippen LogP contribution in [0.3, 0.4) is 0 Å². The first kappa shape index (κ1) is 37.3. The van der Waals surface area contributed by atoms with Crippen molar-refractivity contribution in [2.45, 2.75) is 130 Å². The zero-order valence-electron chi connectivity index (χ0n) is 26.2. The zero-order valence-corrected chi connectivity index (χ0v) is 26.2. The first-order valence-electron chi connectivity index (χ1n) is 15.8. The Hall–Kier alpha value is -1.99. The molecule has 0 unspecified atom stereocenters. The Bertz CT molecular complexity index is 1190. The molecule has 48 heavy (non-hydrogen) atoms. The quantitative estimate of drug-likeness (QED) is 0.0805. The number of aliphatic hydroxyl groups is 6. The molecular formula is C29H48N6O13. The van der Waals surface area contributed by atoms with E-state index in [1.807, 2.05) is 0 Å². The largest absolute Gasteiger partial charge is 0.389 e. The predicted octanol–water partition coefficient (Wildman–Crippen LogP) is -5.76. The number of para-hydroxylation sites is 1. The molecule has 3 saturated heterocycles. The minimum Gasteiger partial charge on any atom is -0.389 e. The molecule has 1 aromatic rings. The monoisotopic (exact) mass is 688 g/mol. The van der Waals surface area contributed by atoms with Crippen molar-refractivity contribution in [1.29, 1.82) is 0 Å². The van der Waals surface area contributed by atoms with E-state index in [4.69, 9.17) is 61.9 Å². The second kappa shape index (κ2) is 15.9. The van der Waals surface area contributed by atoms with E-state index in [0.29, 0.717) is 5.75 Å². The number of hydrogen-bond donors (Lipinski definition) is 11. The van der Waals surface area contributed by atoms with Crippen LogP contribution in [0, 0.1) is 0 Å². The summed E-state index contributed by atoms with van der Waals surface area (Å²) < 4.78 is 35.6. The average Bonchev–Trinajstić information content (AvgIpc) is 3.36. The molecule has 0 amide bonds. The van der Waals surface area contributed by atoms with Crippen molar-refractivity contribution in [2.75, 3.05) is 6.54 Å². The summed E-state index contributed by atoms with van der Waals surface area (Å²) in [7, 11) is 0. The van der Waals surface area contributed by atoms with Crippen LogP contribution in [0.1, 0.15) is 13.3 Å². The standard InChI is InChI=1S/C29H48N6O13/c1-10-18(36)21(39)16(33)27(42-10)45-24-13(32)7-12(31)19(37)26(24)47-29-23(41)25(15(44-29)9-35-48-11-5-3-2-4-6-11)46-28-17(34)22(40)20(38)14(8-30)43-28/h2-6,9-10,12-29,36-41H,7-8,30-34H2,1H3/b35-9+/t10-,12-,13+,14+,15-,16-,17-,18-,19+,20-,21-,22-,23-,24-,25-,26-,27-,28-,29+/m1/s1. The van der Waals surface area contributed by atoms with Gasteiger partial charge in [0.25, 0.3) is 0 Å². The first-order valence-corrected chi connectivity index (χ1v) is 15.8. The molecule has 5 rings (SSSR count). The Balaban J connectivity index is 1.37. The van der Waals surface area contributed by atoms with Gasteiger partial charge in [-0.3, -0.25) is 0 Å². The number of nitrogens with two attached hydrogens (primary N) is 5. The summed E-state index contributed by atoms with van der Waals surface area (Å²) in [6.45, 7) is 1.36. The van der Waals surface area contributed by atoms with Gasteiger partial charge >= 0.3 is 0 Å². The van der Waals surface area contributed by atoms with Gasteiger partial charge in [0.15, 0.2) is 24.6 Å². The number of hydrogen-bond acceptors (Lipinski definition) is 19. The molecule has 1 aliphatic carbocycles. The lowest BCUT2D eigenvalue weighted by molar-refractivity contribution is -0.305. The Morgan fingerprint density at radius 1 is 0.708 bits per heavy atom. The van der Waals surface area contributed by atoms with E-state index in [1.54, 1.807) is 30.3 Å². The third-order valence-electron chi connectivity index (χ3n) is 9.15. The maximum absolute atomic E-state index is 11.5. The van der Waals surface area contributed by atoms with Crippen LogP contribution in [0.5, 0.6) is 5.75 Å². The number of rotatable bonds is 10. The van der Waals surface area contributed by atoms with Crippen molar-refractivity contribution < 1.29 is 63.9 Å². The Morgan fingerprint density at radius 3 is 1.98 bits per heavy atom. The molecule has 1 saturated carbocycles. The number of aliphatic hydroxyl groups excluding tert-OH is 6. The highest BCUT2D eigenvalue weighted by Gasteiger charge is 2.54. The number of ether oxygens (including phenoxy) is 6. The van der Waals surface area contributed by atoms with E-state index < -0.39 is 116 Å². The van der Waals surface area contributed by atoms with Gasteiger partial charge in [0.2, 0.25) is 0 Å². The molecule has 0 bridgehead atoms. The molecule has 19 nitrogen and oxygen atoms in total. The molecule has 3 aliphatic heterocycles. The number of nitrogens with zero attached hydrogens (tertiary/aromatic N) is 1. The maximum Gasteiger partial charge on any atom is 0.187 e. The lowest BCUT2D eigenvalue weighted by Crippen LogP contribution is -2.67. The van der Waals surface area contributed by atoms with Gasteiger partial charge in [-0.25, -0.2) is 0 Å². The number of benzene rings is 1. The van der Waals surface area contributed by atoms with Gasteiger partial charge in [-0.2, -0.15) is 0 Å². The second-order valence-corrected chi connectivity index (χ2v) is 12.6. The van der Waals surface area contributed by atoms with Crippen molar-refractivity contribution in [2.24, 2.45) is 33.8 Å². The van der Waals surface area contributed by atoms with Crippen molar-refractivity contribution in [3.05, 3.63) is 30.3 Å². The minimum atomic E-state index is -1.61. The number of oxime groups is 1. The predicted molar refractivity (Wildman–Crippen MR) is 163 cm³/mol. The van der Waals surface area contributed by atoms with Crippen LogP contribution in [-0.2, 0) is 28.4 Å². The maximum atomic E-state index is 11.5. The van der Waals surface area contributed by atoms with E-state index in [-0.39, 0.29) is 13.0 Å². The van der Waals surface area contributed by atoms with Crippen LogP contribution >= 0.6 is 0 Å². The second-order valence-electron chi connectivity index (χ2n) is 12.6. The van der Waals surface area contributed by atoms with E-state index in [2.05, 4.69) is 5.16 Å². The molecule has 0 aromatic heterocycles. The summed E-state index contributed by atoms with van der Waals surface area (Å²) in [4.78, 5) is 5.40. The van der Waals surface area contributed by atoms with Gasteiger partial charge in [0.05, 0.1) is 30.5 Å². The van der Waals surface area contributed by atoms with Gasteiger partial charge in [0, 0.05) is 18.6 Å². The highest BCUT2D eigenvalue weighted by atomic mass is 16.8. The summed E-state index contributed by atoms with van der Waals surface area (Å²) in [6, 6.07) is 4.46. The van der Waals surface area contributed by atoms with E-state index in [9.17, 15) is 30.6 Å². The fourth-order valence-corrected chi connectivity index (χ4v) is 6.20. The Kier molecular flexibility index (Phi) is 12.4. The molecule has 1 aromatic carbocycles. The third kappa shape index (κ3) is 7.82. The van der Waals surface area contributed by atoms with Crippen LogP contribution in [0.25, 0.3) is 0 Å². The van der Waals surface area contributed by atoms with Crippen LogP contribution < -0.4 is 33.5 Å². The van der Waals surface area contributed by atoms with E-state index in [1.165, 1.54) is 13.1 Å². The van der Waals surface area contributed by atoms with Gasteiger partial charge in [-0.15, -0.1) is 0 Å². The lowest BCUT2D eigenvalue weighted by Gasteiger charge is -2.47. The summed E-state index contributed by atoms with van der Waals surface area (Å²) in [5.41, 5.74) is 30.5. The third-order valence-corrected chi connectivity index (χ3v) is 9.15. The fourth-order valence-electron chi connectivity index (χ4n) is 6.20. The SMILES string of the molecule is C[C@H]1O[C@H](O[C@H]2[C@H](O[C@@H]3O[C@H](/C=N/Oc4ccccc4)[C@@H](O[C@H]4O[C@@H](CN)[C@@H](O)[C@H](O)[C@H]4N)[C@H]3O)[C@@H](O)[C@H](N)C[C@@H]2N)[C@H](N)[C@@H](O)[C@@H]1O. The van der Waals surface area contributed by atoms with Crippen molar-refractivity contribution in [3.63, 3.8) is 0 Å². The van der Waals surface area contributed by atoms with Gasteiger partial charge in [-0.05, 0) is 25.5 Å². The first-order chi connectivity index (χ1) is 22.8. The fraction of sp³-hybridized carbons (Fsp3) is 0.759. The molecule has 3 heterocycles. The molecule has 19 atom stereocenters. The minimum absolute atomic E-state index is 0.105. The summed E-state index contributed by atoms with van der Waals surface area (Å²) in [5.74, 6) is 0.404. The summed E-state index contributed by atoms with van der Waals surface area (Å²) >= 11 is 0. The van der Waals surface area contributed by atoms with Crippen molar-refractivity contribution >= 4 is 6.21 Å². The van der Waals surface area contributed by atoms with Gasteiger partial charge < -0.3 is 92.6 Å². The zero-order chi connectivity index (χ0) is 34.9. The van der Waals surface area contributed by atoms with Gasteiger partial charge in [-0.1, -0.05) is 23.4 Å². The lowest BCUT2D eigenvalue weighted by atomic mass is 9.84. The molecule has 16 N–H and O–H groups in total. The summed E-state index contributed by atoms with van der Waals surface area (Å²) in [6.07, 6.45) is -18.2.